The van der Waals surface area contributed by atoms with E-state index in [1.165, 1.54) is 0 Å². The average molecular weight is 158 g/mol. The Hall–Kier alpha value is -0.610. The molecule has 4 nitrogen and oxygen atoms in total. The molecule has 0 aliphatic carbocycles. The summed E-state index contributed by atoms with van der Waals surface area (Å²) in [7, 11) is 2.00. The lowest BCUT2D eigenvalue weighted by molar-refractivity contribution is -0.150. The van der Waals surface area contributed by atoms with E-state index < -0.39 is 0 Å². The highest BCUT2D eigenvalue weighted by molar-refractivity contribution is 5.72. The molecule has 0 bridgehead atoms. The Morgan fingerprint density at radius 3 is 3.00 bits per heavy atom. The Labute approximate surface area is 66.3 Å². The molecule has 0 saturated carbocycles. The second-order valence-corrected chi connectivity index (χ2v) is 3.04. The van der Waals surface area contributed by atoms with E-state index in [-0.39, 0.29) is 11.9 Å². The van der Waals surface area contributed by atoms with E-state index in [0.29, 0.717) is 0 Å². The van der Waals surface area contributed by atoms with Crippen molar-refractivity contribution in [2.75, 3.05) is 20.1 Å². The molecule has 0 spiro atoms. The number of rotatable bonds is 1. The van der Waals surface area contributed by atoms with E-state index in [0.717, 1.165) is 25.9 Å². The third-order valence-electron chi connectivity index (χ3n) is 2.07. The van der Waals surface area contributed by atoms with Gasteiger partial charge < -0.3 is 9.74 Å². The second kappa shape index (κ2) is 3.69. The first-order chi connectivity index (χ1) is 5.24. The summed E-state index contributed by atoms with van der Waals surface area (Å²) in [6.07, 6.45) is 1.96. The van der Waals surface area contributed by atoms with Crippen LogP contribution in [-0.2, 0) is 9.63 Å². The van der Waals surface area contributed by atoms with Gasteiger partial charge in [0.05, 0.1) is 5.92 Å². The monoisotopic (exact) mass is 158 g/mol. The average Bonchev–Trinajstić information content (AvgIpc) is 2.03. The van der Waals surface area contributed by atoms with E-state index in [1.807, 2.05) is 7.05 Å². The molecule has 0 radical (unpaired) electrons. The molecular weight excluding hydrogens is 144 g/mol. The fourth-order valence-corrected chi connectivity index (χ4v) is 1.46. The Morgan fingerprint density at radius 2 is 2.45 bits per heavy atom. The summed E-state index contributed by atoms with van der Waals surface area (Å²) in [6, 6.07) is 0. The molecule has 0 aromatic carbocycles. The fraction of sp³-hybridized carbons (Fsp3) is 0.857. The molecule has 4 heteroatoms. The Kier molecular flexibility index (Phi) is 2.84. The molecule has 11 heavy (non-hydrogen) atoms. The molecule has 0 aromatic heterocycles. The quantitative estimate of drug-likeness (QED) is 0.534. The maximum absolute atomic E-state index is 10.9. The maximum atomic E-state index is 10.9. The Morgan fingerprint density at radius 1 is 1.73 bits per heavy atom. The molecule has 1 heterocycles. The van der Waals surface area contributed by atoms with Crippen molar-refractivity contribution in [3.05, 3.63) is 0 Å². The summed E-state index contributed by atoms with van der Waals surface area (Å²) in [4.78, 5) is 17.2. The topological polar surface area (TPSA) is 55.6 Å². The van der Waals surface area contributed by atoms with Crippen molar-refractivity contribution in [2.45, 2.75) is 12.8 Å². The SMILES string of the molecule is CN1CCCC(C(=O)ON)C1. The summed E-state index contributed by atoms with van der Waals surface area (Å²) in [5.74, 6) is 4.48. The number of hydrogen-bond acceptors (Lipinski definition) is 4. The van der Waals surface area contributed by atoms with Crippen LogP contribution in [0.3, 0.4) is 0 Å². The summed E-state index contributed by atoms with van der Waals surface area (Å²) in [5.41, 5.74) is 0. The van der Waals surface area contributed by atoms with Crippen LogP contribution < -0.4 is 5.90 Å². The van der Waals surface area contributed by atoms with Crippen molar-refractivity contribution < 1.29 is 9.63 Å². The lowest BCUT2D eigenvalue weighted by Gasteiger charge is -2.27. The maximum Gasteiger partial charge on any atom is 0.328 e. The van der Waals surface area contributed by atoms with Gasteiger partial charge in [-0.25, -0.2) is 0 Å². The highest BCUT2D eigenvalue weighted by Gasteiger charge is 2.24. The van der Waals surface area contributed by atoms with Crippen molar-refractivity contribution in [3.8, 4) is 0 Å². The first kappa shape index (κ1) is 8.49. The first-order valence-corrected chi connectivity index (χ1v) is 3.83. The van der Waals surface area contributed by atoms with Gasteiger partial charge >= 0.3 is 5.97 Å². The van der Waals surface area contributed by atoms with E-state index in [1.54, 1.807) is 0 Å². The van der Waals surface area contributed by atoms with Crippen molar-refractivity contribution in [1.82, 2.24) is 4.90 Å². The van der Waals surface area contributed by atoms with Crippen LogP contribution in [0.1, 0.15) is 12.8 Å². The van der Waals surface area contributed by atoms with Crippen LogP contribution in [0.5, 0.6) is 0 Å². The van der Waals surface area contributed by atoms with Crippen LogP contribution in [-0.4, -0.2) is 31.0 Å². The summed E-state index contributed by atoms with van der Waals surface area (Å²) in [5, 5.41) is 0. The Bertz CT molecular complexity index is 149. The fourth-order valence-electron chi connectivity index (χ4n) is 1.46. The molecule has 0 amide bonds. The van der Waals surface area contributed by atoms with Gasteiger partial charge in [-0.2, -0.15) is 5.90 Å². The Balaban J connectivity index is 2.39. The zero-order valence-electron chi connectivity index (χ0n) is 6.75. The van der Waals surface area contributed by atoms with Crippen LogP contribution in [0.2, 0.25) is 0 Å². The first-order valence-electron chi connectivity index (χ1n) is 3.83. The van der Waals surface area contributed by atoms with Gasteiger partial charge in [0.15, 0.2) is 0 Å². The summed E-state index contributed by atoms with van der Waals surface area (Å²) >= 11 is 0. The van der Waals surface area contributed by atoms with Gasteiger partial charge in [-0.3, -0.25) is 4.79 Å². The third-order valence-corrected chi connectivity index (χ3v) is 2.07. The minimum absolute atomic E-state index is 0.0150. The number of carbonyl (C=O) groups excluding carboxylic acids is 1. The molecule has 64 valence electrons. The van der Waals surface area contributed by atoms with Gasteiger partial charge in [-0.05, 0) is 26.4 Å². The van der Waals surface area contributed by atoms with Gasteiger partial charge in [0.2, 0.25) is 0 Å². The van der Waals surface area contributed by atoms with Gasteiger partial charge in [0.1, 0.15) is 0 Å². The number of hydrogen-bond donors (Lipinski definition) is 1. The smallest absolute Gasteiger partial charge is 0.328 e. The number of likely N-dealkylation sites (tertiary alicyclic amines) is 1. The normalized spacial score (nSPS) is 26.5. The predicted molar refractivity (Wildman–Crippen MR) is 40.5 cm³/mol. The lowest BCUT2D eigenvalue weighted by Crippen LogP contribution is -2.37. The van der Waals surface area contributed by atoms with Crippen molar-refractivity contribution >= 4 is 5.97 Å². The number of nitrogens with two attached hydrogens (primary N) is 1. The highest BCUT2D eigenvalue weighted by Crippen LogP contribution is 2.15. The van der Waals surface area contributed by atoms with E-state index in [4.69, 9.17) is 5.90 Å². The molecule has 1 aliphatic heterocycles. The van der Waals surface area contributed by atoms with E-state index in [9.17, 15) is 4.79 Å². The third kappa shape index (κ3) is 2.17. The predicted octanol–water partition coefficient (Wildman–Crippen LogP) is -0.255. The number of nitrogens with zero attached hydrogens (tertiary/aromatic N) is 1. The van der Waals surface area contributed by atoms with Crippen LogP contribution in [0.15, 0.2) is 0 Å². The minimum atomic E-state index is -0.281. The van der Waals surface area contributed by atoms with Crippen LogP contribution in [0.25, 0.3) is 0 Å². The number of piperidine rings is 1. The largest absolute Gasteiger partial charge is 0.373 e. The molecule has 1 unspecified atom stereocenters. The summed E-state index contributed by atoms with van der Waals surface area (Å²) < 4.78 is 0. The van der Waals surface area contributed by atoms with Gasteiger partial charge in [-0.15, -0.1) is 0 Å². The lowest BCUT2D eigenvalue weighted by atomic mass is 9.99. The van der Waals surface area contributed by atoms with Crippen LogP contribution >= 0.6 is 0 Å². The van der Waals surface area contributed by atoms with Crippen molar-refractivity contribution in [3.63, 3.8) is 0 Å². The van der Waals surface area contributed by atoms with Crippen molar-refractivity contribution in [2.24, 2.45) is 11.8 Å². The summed E-state index contributed by atoms with van der Waals surface area (Å²) in [6.45, 7) is 1.84. The standard InChI is InChI=1S/C7H14N2O2/c1-9-4-2-3-6(5-9)7(10)11-8/h6H,2-5,8H2,1H3. The molecule has 1 saturated heterocycles. The molecule has 0 aromatic rings. The highest BCUT2D eigenvalue weighted by atomic mass is 16.7. The minimum Gasteiger partial charge on any atom is -0.373 e. The van der Waals surface area contributed by atoms with Crippen LogP contribution in [0, 0.1) is 5.92 Å². The van der Waals surface area contributed by atoms with Gasteiger partial charge in [0.25, 0.3) is 0 Å². The van der Waals surface area contributed by atoms with Gasteiger partial charge in [0, 0.05) is 6.54 Å². The van der Waals surface area contributed by atoms with E-state index in [2.05, 4.69) is 9.74 Å². The van der Waals surface area contributed by atoms with E-state index >= 15 is 0 Å². The zero-order valence-corrected chi connectivity index (χ0v) is 6.75. The van der Waals surface area contributed by atoms with Crippen molar-refractivity contribution in [1.29, 1.82) is 0 Å². The van der Waals surface area contributed by atoms with Crippen LogP contribution in [0.4, 0.5) is 0 Å². The zero-order chi connectivity index (χ0) is 8.27. The molecular formula is C7H14N2O2. The molecule has 1 atom stereocenters. The second-order valence-electron chi connectivity index (χ2n) is 3.04. The molecule has 1 fully saturated rings. The van der Waals surface area contributed by atoms with Gasteiger partial charge in [-0.1, -0.05) is 0 Å². The molecule has 1 aliphatic rings. The molecule has 2 N–H and O–H groups in total. The number of carbonyl (C=O) groups is 1. The molecule has 1 rings (SSSR count).